The second-order valence-corrected chi connectivity index (χ2v) is 7.27. The summed E-state index contributed by atoms with van der Waals surface area (Å²) in [6.45, 7) is 0. The molecular weight excluding hydrogens is 324 g/mol. The molecule has 142 valence electrons. The third kappa shape index (κ3) is 7.57. The van der Waals surface area contributed by atoms with Crippen LogP contribution >= 0.6 is 0 Å². The molecule has 3 nitrogen and oxygen atoms in total. The fourth-order valence-electron chi connectivity index (χ4n) is 3.73. The number of rotatable bonds is 11. The fraction of sp³-hybridized carbons (Fsp3) is 0.522. The molecule has 1 aliphatic carbocycles. The van der Waals surface area contributed by atoms with Gasteiger partial charge in [0, 0.05) is 6.42 Å². The van der Waals surface area contributed by atoms with Crippen LogP contribution in [0.4, 0.5) is 0 Å². The van der Waals surface area contributed by atoms with Crippen LogP contribution in [0.25, 0.3) is 0 Å². The Morgan fingerprint density at radius 1 is 1.04 bits per heavy atom. The maximum absolute atomic E-state index is 10.5. The molecule has 1 aromatic rings. The number of allylic oxidation sites excluding steroid dienone is 4. The summed E-state index contributed by atoms with van der Waals surface area (Å²) in [7, 11) is 0. The first kappa shape index (κ1) is 20.4. The van der Waals surface area contributed by atoms with Crippen LogP contribution in [0.3, 0.4) is 0 Å². The van der Waals surface area contributed by atoms with Crippen molar-refractivity contribution >= 4 is 5.97 Å². The molecule has 0 aliphatic heterocycles. The van der Waals surface area contributed by atoms with Crippen LogP contribution in [-0.2, 0) is 11.2 Å². The third-order valence-corrected chi connectivity index (χ3v) is 5.24. The summed E-state index contributed by atoms with van der Waals surface area (Å²) in [5.74, 6) is 0.0311. The second-order valence-electron chi connectivity index (χ2n) is 7.27. The highest BCUT2D eigenvalue weighted by Crippen LogP contribution is 2.36. The normalized spacial score (nSPS) is 23.2. The van der Waals surface area contributed by atoms with E-state index in [9.17, 15) is 9.90 Å². The van der Waals surface area contributed by atoms with Crippen molar-refractivity contribution in [3.05, 3.63) is 60.2 Å². The van der Waals surface area contributed by atoms with E-state index in [4.69, 9.17) is 5.11 Å². The molecule has 0 aromatic heterocycles. The number of hydrogen-bond donors (Lipinski definition) is 2. The Kier molecular flexibility index (Phi) is 9.19. The summed E-state index contributed by atoms with van der Waals surface area (Å²) in [5, 5.41) is 18.9. The lowest BCUT2D eigenvalue weighted by Crippen LogP contribution is -2.17. The largest absolute Gasteiger partial charge is 0.481 e. The number of unbranched alkanes of at least 4 members (excludes halogenated alkanes) is 2. The van der Waals surface area contributed by atoms with Gasteiger partial charge in [0.2, 0.25) is 0 Å². The van der Waals surface area contributed by atoms with Gasteiger partial charge < -0.3 is 10.2 Å². The van der Waals surface area contributed by atoms with Crippen molar-refractivity contribution in [2.45, 2.75) is 63.9 Å². The van der Waals surface area contributed by atoms with Crippen molar-refractivity contribution in [1.29, 1.82) is 0 Å². The Morgan fingerprint density at radius 2 is 1.81 bits per heavy atom. The van der Waals surface area contributed by atoms with Gasteiger partial charge in [0.15, 0.2) is 0 Å². The molecule has 0 spiro atoms. The summed E-state index contributed by atoms with van der Waals surface area (Å²) >= 11 is 0. The number of aliphatic hydroxyl groups is 1. The van der Waals surface area contributed by atoms with Crippen LogP contribution in [0.1, 0.15) is 56.9 Å². The Morgan fingerprint density at radius 3 is 2.58 bits per heavy atom. The quantitative estimate of drug-likeness (QED) is 0.426. The fourth-order valence-corrected chi connectivity index (χ4v) is 3.73. The van der Waals surface area contributed by atoms with Gasteiger partial charge in [0.1, 0.15) is 0 Å². The second kappa shape index (κ2) is 11.7. The molecule has 3 unspecified atom stereocenters. The number of carboxylic acid groups (broad SMARTS) is 1. The minimum absolute atomic E-state index is 0.211. The third-order valence-electron chi connectivity index (χ3n) is 5.24. The number of aryl methyl sites for hydroxylation is 1. The standard InChI is InChI=1S/C23H32O3/c24-22-18-17-20(21(22)15-9-1-2-10-16-23(25)26)14-8-4-7-13-19-11-5-3-6-12-19/h1,3,5-6,8-9,11-12,14,20-22,24H,2,4,7,10,13,15-18H2,(H,25,26). The predicted molar refractivity (Wildman–Crippen MR) is 106 cm³/mol. The maximum atomic E-state index is 10.5. The first-order valence-electron chi connectivity index (χ1n) is 9.92. The molecule has 0 bridgehead atoms. The zero-order chi connectivity index (χ0) is 18.6. The van der Waals surface area contributed by atoms with Crippen molar-refractivity contribution in [3.8, 4) is 0 Å². The molecule has 3 heteroatoms. The number of benzene rings is 1. The Balaban J connectivity index is 1.68. The number of aliphatic hydroxyl groups excluding tert-OH is 1. The lowest BCUT2D eigenvalue weighted by molar-refractivity contribution is -0.137. The first-order chi connectivity index (χ1) is 12.7. The summed E-state index contributed by atoms with van der Waals surface area (Å²) in [5.41, 5.74) is 1.39. The molecule has 0 heterocycles. The minimum Gasteiger partial charge on any atom is -0.481 e. The SMILES string of the molecule is O=C(O)CCCC=CCC1C(O)CCC1C=CCCCc1ccccc1. The van der Waals surface area contributed by atoms with Crippen LogP contribution in [-0.4, -0.2) is 22.3 Å². The predicted octanol–water partition coefficient (Wildman–Crippen LogP) is 5.15. The van der Waals surface area contributed by atoms with Gasteiger partial charge in [-0.1, -0.05) is 54.6 Å². The summed E-state index contributed by atoms with van der Waals surface area (Å²) < 4.78 is 0. The van der Waals surface area contributed by atoms with Gasteiger partial charge in [0.25, 0.3) is 0 Å². The highest BCUT2D eigenvalue weighted by molar-refractivity contribution is 5.66. The van der Waals surface area contributed by atoms with E-state index >= 15 is 0 Å². The van der Waals surface area contributed by atoms with E-state index in [0.717, 1.165) is 44.9 Å². The van der Waals surface area contributed by atoms with Crippen molar-refractivity contribution < 1.29 is 15.0 Å². The number of carboxylic acids is 1. The molecule has 26 heavy (non-hydrogen) atoms. The molecule has 2 rings (SSSR count). The van der Waals surface area contributed by atoms with Gasteiger partial charge in [-0.3, -0.25) is 4.79 Å². The Bertz CT molecular complexity index is 576. The average molecular weight is 357 g/mol. The van der Waals surface area contributed by atoms with E-state index in [0.29, 0.717) is 18.3 Å². The van der Waals surface area contributed by atoms with Crippen molar-refractivity contribution in [1.82, 2.24) is 0 Å². The molecule has 2 N–H and O–H groups in total. The van der Waals surface area contributed by atoms with Gasteiger partial charge in [-0.25, -0.2) is 0 Å². The van der Waals surface area contributed by atoms with Gasteiger partial charge in [0.05, 0.1) is 6.10 Å². The van der Waals surface area contributed by atoms with Crippen molar-refractivity contribution in [2.24, 2.45) is 11.8 Å². The topological polar surface area (TPSA) is 57.5 Å². The van der Waals surface area contributed by atoms with E-state index < -0.39 is 5.97 Å². The van der Waals surface area contributed by atoms with Crippen LogP contribution in [0.5, 0.6) is 0 Å². The van der Waals surface area contributed by atoms with Crippen LogP contribution in [0, 0.1) is 11.8 Å². The van der Waals surface area contributed by atoms with E-state index in [1.165, 1.54) is 5.56 Å². The monoisotopic (exact) mass is 356 g/mol. The zero-order valence-corrected chi connectivity index (χ0v) is 15.6. The molecule has 1 fully saturated rings. The molecule has 1 aliphatic rings. The van der Waals surface area contributed by atoms with Crippen LogP contribution < -0.4 is 0 Å². The van der Waals surface area contributed by atoms with E-state index in [1.807, 2.05) is 0 Å². The van der Waals surface area contributed by atoms with Gasteiger partial charge >= 0.3 is 5.97 Å². The maximum Gasteiger partial charge on any atom is 0.303 e. The molecule has 3 atom stereocenters. The molecular formula is C23H32O3. The van der Waals surface area contributed by atoms with E-state index in [-0.39, 0.29) is 12.5 Å². The van der Waals surface area contributed by atoms with Gasteiger partial charge in [-0.05, 0) is 68.8 Å². The van der Waals surface area contributed by atoms with Crippen molar-refractivity contribution in [2.75, 3.05) is 0 Å². The Hall–Kier alpha value is -1.87. The summed E-state index contributed by atoms with van der Waals surface area (Å²) in [4.78, 5) is 10.5. The zero-order valence-electron chi connectivity index (χ0n) is 15.6. The minimum atomic E-state index is -0.734. The lowest BCUT2D eigenvalue weighted by Gasteiger charge is -2.17. The molecule has 1 saturated carbocycles. The number of hydrogen-bond acceptors (Lipinski definition) is 2. The van der Waals surface area contributed by atoms with Crippen LogP contribution in [0.15, 0.2) is 54.6 Å². The summed E-state index contributed by atoms with van der Waals surface area (Å²) in [6, 6.07) is 10.6. The van der Waals surface area contributed by atoms with Crippen LogP contribution in [0.2, 0.25) is 0 Å². The molecule has 0 saturated heterocycles. The van der Waals surface area contributed by atoms with E-state index in [1.54, 1.807) is 0 Å². The lowest BCUT2D eigenvalue weighted by atomic mass is 9.90. The highest BCUT2D eigenvalue weighted by Gasteiger charge is 2.32. The summed E-state index contributed by atoms with van der Waals surface area (Å²) in [6.07, 6.45) is 16.5. The highest BCUT2D eigenvalue weighted by atomic mass is 16.4. The van der Waals surface area contributed by atoms with Gasteiger partial charge in [-0.15, -0.1) is 0 Å². The average Bonchev–Trinajstić information content (AvgIpc) is 2.98. The van der Waals surface area contributed by atoms with Gasteiger partial charge in [-0.2, -0.15) is 0 Å². The van der Waals surface area contributed by atoms with Crippen molar-refractivity contribution in [3.63, 3.8) is 0 Å². The number of aliphatic carboxylic acids is 1. The van der Waals surface area contributed by atoms with E-state index in [2.05, 4.69) is 54.6 Å². The smallest absolute Gasteiger partial charge is 0.303 e. The molecule has 0 radical (unpaired) electrons. The molecule has 1 aromatic carbocycles. The molecule has 0 amide bonds. The first-order valence-corrected chi connectivity index (χ1v) is 9.92. The number of carbonyl (C=O) groups is 1. The Labute approximate surface area is 157 Å².